The number of carbonyl (C=O) groups excluding carboxylic acids is 2. The van der Waals surface area contributed by atoms with Crippen molar-refractivity contribution in [2.75, 3.05) is 26.8 Å². The van der Waals surface area contributed by atoms with Crippen LogP contribution in [0.4, 0.5) is 0 Å². The molecule has 2 aromatic carbocycles. The fourth-order valence-electron chi connectivity index (χ4n) is 3.39. The fraction of sp³-hybridized carbons (Fsp3) is 0.364. The van der Waals surface area contributed by atoms with Crippen LogP contribution in [0.25, 0.3) is 0 Å². The van der Waals surface area contributed by atoms with E-state index in [1.165, 1.54) is 12.7 Å². The SMILES string of the molecule is COc1cccc(C(=O)OCC(=O)N2CCC(Cc3ccccc3)CC2)c1. The van der Waals surface area contributed by atoms with Crippen LogP contribution in [0.1, 0.15) is 28.8 Å². The Balaban J connectivity index is 1.43. The zero-order valence-electron chi connectivity index (χ0n) is 15.6. The topological polar surface area (TPSA) is 55.8 Å². The predicted octanol–water partition coefficient (Wildman–Crippen LogP) is 3.33. The number of rotatable bonds is 6. The summed E-state index contributed by atoms with van der Waals surface area (Å²) in [4.78, 5) is 26.2. The molecule has 0 atom stereocenters. The molecular formula is C22H25NO4. The van der Waals surface area contributed by atoms with Gasteiger partial charge in [0.25, 0.3) is 5.91 Å². The third-order valence-electron chi connectivity index (χ3n) is 4.97. The summed E-state index contributed by atoms with van der Waals surface area (Å²) >= 11 is 0. The van der Waals surface area contributed by atoms with Crippen molar-refractivity contribution in [3.63, 3.8) is 0 Å². The van der Waals surface area contributed by atoms with Crippen molar-refractivity contribution in [2.24, 2.45) is 5.92 Å². The van der Waals surface area contributed by atoms with Gasteiger partial charge in [-0.05, 0) is 48.9 Å². The second-order valence-electron chi connectivity index (χ2n) is 6.82. The Hall–Kier alpha value is -2.82. The van der Waals surface area contributed by atoms with Gasteiger partial charge in [-0.1, -0.05) is 36.4 Å². The zero-order valence-corrected chi connectivity index (χ0v) is 15.6. The van der Waals surface area contributed by atoms with Gasteiger partial charge in [0.05, 0.1) is 12.7 Å². The highest BCUT2D eigenvalue weighted by Crippen LogP contribution is 2.22. The maximum Gasteiger partial charge on any atom is 0.338 e. The Morgan fingerprint density at radius 1 is 1.04 bits per heavy atom. The van der Waals surface area contributed by atoms with Crippen molar-refractivity contribution < 1.29 is 19.1 Å². The molecule has 3 rings (SSSR count). The molecule has 27 heavy (non-hydrogen) atoms. The Kier molecular flexibility index (Phi) is 6.47. The van der Waals surface area contributed by atoms with Crippen molar-refractivity contribution in [2.45, 2.75) is 19.3 Å². The van der Waals surface area contributed by atoms with Gasteiger partial charge in [-0.15, -0.1) is 0 Å². The van der Waals surface area contributed by atoms with E-state index in [4.69, 9.17) is 9.47 Å². The highest BCUT2D eigenvalue weighted by Gasteiger charge is 2.23. The first-order valence-electron chi connectivity index (χ1n) is 9.28. The monoisotopic (exact) mass is 367 g/mol. The third kappa shape index (κ3) is 5.33. The molecule has 1 heterocycles. The molecule has 0 bridgehead atoms. The van der Waals surface area contributed by atoms with E-state index in [0.717, 1.165) is 19.3 Å². The summed E-state index contributed by atoms with van der Waals surface area (Å²) in [5.41, 5.74) is 1.72. The quantitative estimate of drug-likeness (QED) is 0.735. The average molecular weight is 367 g/mol. The van der Waals surface area contributed by atoms with E-state index in [2.05, 4.69) is 24.3 Å². The molecule has 1 saturated heterocycles. The summed E-state index contributed by atoms with van der Waals surface area (Å²) in [7, 11) is 1.54. The number of hydrogen-bond acceptors (Lipinski definition) is 4. The number of amides is 1. The maximum atomic E-state index is 12.3. The van der Waals surface area contributed by atoms with Crippen molar-refractivity contribution in [3.8, 4) is 5.75 Å². The third-order valence-corrected chi connectivity index (χ3v) is 4.97. The number of carbonyl (C=O) groups is 2. The van der Waals surface area contributed by atoms with E-state index >= 15 is 0 Å². The molecule has 5 nitrogen and oxygen atoms in total. The van der Waals surface area contributed by atoms with E-state index in [0.29, 0.717) is 30.3 Å². The molecule has 0 N–H and O–H groups in total. The minimum Gasteiger partial charge on any atom is -0.497 e. The van der Waals surface area contributed by atoms with Gasteiger partial charge in [0, 0.05) is 13.1 Å². The molecule has 0 radical (unpaired) electrons. The molecule has 1 aliphatic heterocycles. The Morgan fingerprint density at radius 3 is 2.48 bits per heavy atom. The van der Waals surface area contributed by atoms with Crippen LogP contribution in [0.2, 0.25) is 0 Å². The van der Waals surface area contributed by atoms with Crippen LogP contribution in [-0.2, 0) is 16.0 Å². The molecule has 0 aliphatic carbocycles. The van der Waals surface area contributed by atoms with Gasteiger partial charge in [0.1, 0.15) is 5.75 Å². The predicted molar refractivity (Wildman–Crippen MR) is 103 cm³/mol. The molecular weight excluding hydrogens is 342 g/mol. The first-order chi connectivity index (χ1) is 13.2. The first-order valence-corrected chi connectivity index (χ1v) is 9.28. The second kappa shape index (κ2) is 9.21. The van der Waals surface area contributed by atoms with Gasteiger partial charge in [0.15, 0.2) is 6.61 Å². The van der Waals surface area contributed by atoms with Gasteiger partial charge in [0.2, 0.25) is 0 Å². The van der Waals surface area contributed by atoms with Crippen LogP contribution in [0.3, 0.4) is 0 Å². The number of hydrogen-bond donors (Lipinski definition) is 0. The van der Waals surface area contributed by atoms with E-state index in [1.54, 1.807) is 29.2 Å². The molecule has 1 aliphatic rings. The molecule has 0 aromatic heterocycles. The molecule has 1 fully saturated rings. The van der Waals surface area contributed by atoms with Gasteiger partial charge in [-0.25, -0.2) is 4.79 Å². The molecule has 0 unspecified atom stereocenters. The highest BCUT2D eigenvalue weighted by atomic mass is 16.5. The fourth-order valence-corrected chi connectivity index (χ4v) is 3.39. The highest BCUT2D eigenvalue weighted by molar-refractivity contribution is 5.91. The number of ether oxygens (including phenoxy) is 2. The van der Waals surface area contributed by atoms with Crippen LogP contribution in [0, 0.1) is 5.92 Å². The normalized spacial score (nSPS) is 14.6. The van der Waals surface area contributed by atoms with Crippen LogP contribution in [-0.4, -0.2) is 43.6 Å². The molecule has 0 saturated carbocycles. The average Bonchev–Trinajstić information content (AvgIpc) is 2.73. The minimum absolute atomic E-state index is 0.135. The number of benzene rings is 2. The standard InChI is InChI=1S/C22H25NO4/c1-26-20-9-5-8-19(15-20)22(25)27-16-21(24)23-12-10-18(11-13-23)14-17-6-3-2-4-7-17/h2-9,15,18H,10-14,16H2,1H3. The van der Waals surface area contributed by atoms with Crippen molar-refractivity contribution >= 4 is 11.9 Å². The smallest absolute Gasteiger partial charge is 0.338 e. The summed E-state index contributed by atoms with van der Waals surface area (Å²) in [6, 6.07) is 17.2. The van der Waals surface area contributed by atoms with Crippen LogP contribution >= 0.6 is 0 Å². The number of piperidine rings is 1. The number of nitrogens with zero attached hydrogens (tertiary/aromatic N) is 1. The van der Waals surface area contributed by atoms with Crippen LogP contribution < -0.4 is 4.74 Å². The lowest BCUT2D eigenvalue weighted by Gasteiger charge is -2.32. The lowest BCUT2D eigenvalue weighted by Crippen LogP contribution is -2.41. The van der Waals surface area contributed by atoms with Crippen LogP contribution in [0.15, 0.2) is 54.6 Å². The number of likely N-dealkylation sites (tertiary alicyclic amines) is 1. The van der Waals surface area contributed by atoms with Crippen LogP contribution in [0.5, 0.6) is 5.75 Å². The van der Waals surface area contributed by atoms with E-state index in [9.17, 15) is 9.59 Å². The van der Waals surface area contributed by atoms with E-state index in [-0.39, 0.29) is 12.5 Å². The zero-order chi connectivity index (χ0) is 19.1. The van der Waals surface area contributed by atoms with Crippen molar-refractivity contribution in [3.05, 3.63) is 65.7 Å². The lowest BCUT2D eigenvalue weighted by atomic mass is 9.90. The summed E-state index contributed by atoms with van der Waals surface area (Å²) in [5, 5.41) is 0. The Morgan fingerprint density at radius 2 is 1.78 bits per heavy atom. The molecule has 1 amide bonds. The molecule has 0 spiro atoms. The molecule has 5 heteroatoms. The summed E-state index contributed by atoms with van der Waals surface area (Å²) < 4.78 is 10.3. The summed E-state index contributed by atoms with van der Waals surface area (Å²) in [6.45, 7) is 1.21. The molecule has 2 aromatic rings. The van der Waals surface area contributed by atoms with E-state index < -0.39 is 5.97 Å². The van der Waals surface area contributed by atoms with Gasteiger partial charge < -0.3 is 14.4 Å². The number of methoxy groups -OCH3 is 1. The lowest BCUT2D eigenvalue weighted by molar-refractivity contribution is -0.135. The Labute approximate surface area is 159 Å². The minimum atomic E-state index is -0.513. The number of esters is 1. The Bertz CT molecular complexity index is 767. The first kappa shape index (κ1) is 19.0. The largest absolute Gasteiger partial charge is 0.497 e. The second-order valence-corrected chi connectivity index (χ2v) is 6.82. The van der Waals surface area contributed by atoms with Gasteiger partial charge in [-0.2, -0.15) is 0 Å². The van der Waals surface area contributed by atoms with Gasteiger partial charge >= 0.3 is 5.97 Å². The maximum absolute atomic E-state index is 12.3. The van der Waals surface area contributed by atoms with Gasteiger partial charge in [-0.3, -0.25) is 4.79 Å². The molecule has 142 valence electrons. The summed E-state index contributed by atoms with van der Waals surface area (Å²) in [6.07, 6.45) is 3.00. The van der Waals surface area contributed by atoms with Crippen molar-refractivity contribution in [1.82, 2.24) is 4.90 Å². The summed E-state index contributed by atoms with van der Waals surface area (Å²) in [5.74, 6) is 0.526. The van der Waals surface area contributed by atoms with Crippen molar-refractivity contribution in [1.29, 1.82) is 0 Å². The van der Waals surface area contributed by atoms with E-state index in [1.807, 2.05) is 6.07 Å².